The number of thioether (sulfide) groups is 1. The summed E-state index contributed by atoms with van der Waals surface area (Å²) < 4.78 is 0.772. The highest BCUT2D eigenvalue weighted by Gasteiger charge is 2.09. The normalized spacial score (nSPS) is 10.4. The molecule has 2 rings (SSSR count). The van der Waals surface area contributed by atoms with Gasteiger partial charge in [-0.3, -0.25) is 4.79 Å². The van der Waals surface area contributed by atoms with Gasteiger partial charge in [0.15, 0.2) is 4.34 Å². The lowest BCUT2D eigenvalue weighted by Gasteiger charge is -2.07. The van der Waals surface area contributed by atoms with Crippen molar-refractivity contribution in [1.82, 2.24) is 10.2 Å². The topological polar surface area (TPSA) is 66.9 Å². The van der Waals surface area contributed by atoms with Gasteiger partial charge in [-0.15, -0.1) is 10.2 Å². The second kappa shape index (κ2) is 7.63. The maximum absolute atomic E-state index is 11.9. The van der Waals surface area contributed by atoms with Crippen LogP contribution in [0.15, 0.2) is 22.5 Å². The van der Waals surface area contributed by atoms with E-state index in [0.717, 1.165) is 27.3 Å². The Bertz CT molecular complexity index is 632. The van der Waals surface area contributed by atoms with Crippen LogP contribution in [0.3, 0.4) is 0 Å². The van der Waals surface area contributed by atoms with Crippen LogP contribution < -0.4 is 10.6 Å². The number of aryl methyl sites for hydroxylation is 1. The lowest BCUT2D eigenvalue weighted by molar-refractivity contribution is -0.113. The molecule has 0 fully saturated rings. The quantitative estimate of drug-likeness (QED) is 0.784. The molecule has 5 nitrogen and oxygen atoms in total. The minimum absolute atomic E-state index is 0.0781. The van der Waals surface area contributed by atoms with Gasteiger partial charge in [-0.1, -0.05) is 34.7 Å². The molecule has 1 amide bonds. The van der Waals surface area contributed by atoms with Gasteiger partial charge in [0.2, 0.25) is 11.0 Å². The number of nitrogens with zero attached hydrogens (tertiary/aromatic N) is 2. The predicted octanol–water partition coefficient (Wildman–Crippen LogP) is 3.66. The van der Waals surface area contributed by atoms with E-state index < -0.39 is 0 Å². The van der Waals surface area contributed by atoms with E-state index in [0.29, 0.717) is 10.8 Å². The summed E-state index contributed by atoms with van der Waals surface area (Å²) in [5.41, 5.74) is 1.71. The fourth-order valence-corrected chi connectivity index (χ4v) is 3.42. The van der Waals surface area contributed by atoms with Crippen molar-refractivity contribution in [2.24, 2.45) is 0 Å². The minimum Gasteiger partial charge on any atom is -0.360 e. The lowest BCUT2D eigenvalue weighted by atomic mass is 10.2. The molecule has 1 heterocycles. The number of carbonyl (C=O) groups excluding carboxylic acids is 1. The van der Waals surface area contributed by atoms with Gasteiger partial charge < -0.3 is 10.6 Å². The fourth-order valence-electron chi connectivity index (χ4n) is 1.57. The molecule has 0 aliphatic carbocycles. The average Bonchev–Trinajstić information content (AvgIpc) is 2.88. The van der Waals surface area contributed by atoms with Crippen LogP contribution in [-0.2, 0) is 4.79 Å². The molecule has 0 bridgehead atoms. The highest BCUT2D eigenvalue weighted by atomic mass is 35.5. The first kappa shape index (κ1) is 16.1. The number of rotatable bonds is 6. The Kier molecular flexibility index (Phi) is 5.84. The van der Waals surface area contributed by atoms with Crippen LogP contribution in [0.2, 0.25) is 5.02 Å². The van der Waals surface area contributed by atoms with Gasteiger partial charge >= 0.3 is 0 Å². The largest absolute Gasteiger partial charge is 0.360 e. The Hall–Kier alpha value is -1.31. The second-order valence-electron chi connectivity index (χ2n) is 4.20. The summed E-state index contributed by atoms with van der Waals surface area (Å²) in [7, 11) is 0. The third kappa shape index (κ3) is 4.87. The number of aromatic nitrogens is 2. The number of halogens is 1. The standard InChI is InChI=1S/C13H15ClN4OS2/c1-3-15-12-17-18-13(21-12)20-7-11(19)16-10-5-4-9(14)6-8(10)2/h4-6H,3,7H2,1-2H3,(H,15,17)(H,16,19). The van der Waals surface area contributed by atoms with Crippen molar-refractivity contribution in [2.45, 2.75) is 18.2 Å². The van der Waals surface area contributed by atoms with E-state index in [2.05, 4.69) is 20.8 Å². The zero-order chi connectivity index (χ0) is 15.2. The third-order valence-electron chi connectivity index (χ3n) is 2.52. The van der Waals surface area contributed by atoms with Crippen molar-refractivity contribution in [1.29, 1.82) is 0 Å². The summed E-state index contributed by atoms with van der Waals surface area (Å²) in [6, 6.07) is 5.37. The first-order valence-electron chi connectivity index (χ1n) is 6.34. The number of anilines is 2. The molecule has 1 aromatic heterocycles. The highest BCUT2D eigenvalue weighted by molar-refractivity contribution is 8.01. The molecule has 1 aromatic carbocycles. The van der Waals surface area contributed by atoms with Crippen LogP contribution in [0.4, 0.5) is 10.8 Å². The maximum Gasteiger partial charge on any atom is 0.234 e. The molecule has 21 heavy (non-hydrogen) atoms. The summed E-state index contributed by atoms with van der Waals surface area (Å²) in [5, 5.41) is 15.4. The first-order chi connectivity index (χ1) is 10.1. The van der Waals surface area contributed by atoms with Crippen LogP contribution in [0.5, 0.6) is 0 Å². The molecular formula is C13H15ClN4OS2. The van der Waals surface area contributed by atoms with Crippen molar-refractivity contribution in [3.8, 4) is 0 Å². The summed E-state index contributed by atoms with van der Waals surface area (Å²) >= 11 is 8.70. The van der Waals surface area contributed by atoms with E-state index >= 15 is 0 Å². The van der Waals surface area contributed by atoms with Gasteiger partial charge in [0.25, 0.3) is 0 Å². The molecule has 0 unspecified atom stereocenters. The average molecular weight is 343 g/mol. The minimum atomic E-state index is -0.0781. The molecule has 0 atom stereocenters. The SMILES string of the molecule is CCNc1nnc(SCC(=O)Nc2ccc(Cl)cc2C)s1. The van der Waals surface area contributed by atoms with E-state index in [-0.39, 0.29) is 5.91 Å². The van der Waals surface area contributed by atoms with E-state index in [1.54, 1.807) is 12.1 Å². The van der Waals surface area contributed by atoms with Gasteiger partial charge in [0.05, 0.1) is 5.75 Å². The number of nitrogens with one attached hydrogen (secondary N) is 2. The monoisotopic (exact) mass is 342 g/mol. The zero-order valence-corrected chi connectivity index (χ0v) is 14.0. The molecule has 0 spiro atoms. The van der Waals surface area contributed by atoms with Gasteiger partial charge in [-0.25, -0.2) is 0 Å². The van der Waals surface area contributed by atoms with Crippen LogP contribution in [0.25, 0.3) is 0 Å². The Morgan fingerprint density at radius 1 is 1.43 bits per heavy atom. The molecule has 0 saturated carbocycles. The molecule has 0 aliphatic heterocycles. The van der Waals surface area contributed by atoms with Gasteiger partial charge in [-0.2, -0.15) is 0 Å². The van der Waals surface area contributed by atoms with Gasteiger partial charge in [0.1, 0.15) is 0 Å². The van der Waals surface area contributed by atoms with E-state index in [1.807, 2.05) is 19.9 Å². The van der Waals surface area contributed by atoms with Crippen molar-refractivity contribution in [3.05, 3.63) is 28.8 Å². The lowest BCUT2D eigenvalue weighted by Crippen LogP contribution is -2.14. The molecule has 0 saturated heterocycles. The Morgan fingerprint density at radius 3 is 2.95 bits per heavy atom. The Morgan fingerprint density at radius 2 is 2.24 bits per heavy atom. The number of carbonyl (C=O) groups is 1. The van der Waals surface area contributed by atoms with E-state index in [4.69, 9.17) is 11.6 Å². The summed E-state index contributed by atoms with van der Waals surface area (Å²) in [5.74, 6) is 0.216. The Labute approximate surface area is 136 Å². The molecule has 0 aliphatic rings. The highest BCUT2D eigenvalue weighted by Crippen LogP contribution is 2.26. The maximum atomic E-state index is 11.9. The number of benzene rings is 1. The number of amides is 1. The first-order valence-corrected chi connectivity index (χ1v) is 8.52. The van der Waals surface area contributed by atoms with Crippen LogP contribution in [0.1, 0.15) is 12.5 Å². The smallest absolute Gasteiger partial charge is 0.234 e. The molecule has 2 N–H and O–H groups in total. The van der Waals surface area contributed by atoms with Crippen molar-refractivity contribution >= 4 is 51.4 Å². The summed E-state index contributed by atoms with van der Waals surface area (Å²) in [4.78, 5) is 11.9. The molecule has 112 valence electrons. The van der Waals surface area contributed by atoms with Crippen molar-refractivity contribution in [3.63, 3.8) is 0 Å². The number of hydrogen-bond donors (Lipinski definition) is 2. The molecule has 8 heteroatoms. The molecule has 0 radical (unpaired) electrons. The number of hydrogen-bond acceptors (Lipinski definition) is 6. The third-order valence-corrected chi connectivity index (χ3v) is 4.77. The van der Waals surface area contributed by atoms with Gasteiger partial charge in [-0.05, 0) is 37.6 Å². The summed E-state index contributed by atoms with van der Waals surface area (Å²) in [6.45, 7) is 4.70. The van der Waals surface area contributed by atoms with Crippen molar-refractivity contribution < 1.29 is 4.79 Å². The van der Waals surface area contributed by atoms with Crippen LogP contribution in [0, 0.1) is 6.92 Å². The fraction of sp³-hybridized carbons (Fsp3) is 0.308. The predicted molar refractivity (Wildman–Crippen MR) is 89.6 cm³/mol. The van der Waals surface area contributed by atoms with Gasteiger partial charge in [0, 0.05) is 17.3 Å². The van der Waals surface area contributed by atoms with Crippen LogP contribution in [-0.4, -0.2) is 28.4 Å². The molecular weight excluding hydrogens is 328 g/mol. The Balaban J connectivity index is 1.86. The van der Waals surface area contributed by atoms with Crippen molar-refractivity contribution in [2.75, 3.05) is 22.9 Å². The van der Waals surface area contributed by atoms with E-state index in [9.17, 15) is 4.79 Å². The zero-order valence-electron chi connectivity index (χ0n) is 11.6. The van der Waals surface area contributed by atoms with E-state index in [1.165, 1.54) is 23.1 Å². The second-order valence-corrected chi connectivity index (χ2v) is 6.84. The molecule has 2 aromatic rings. The summed E-state index contributed by atoms with van der Waals surface area (Å²) in [6.07, 6.45) is 0. The van der Waals surface area contributed by atoms with Crippen LogP contribution >= 0.6 is 34.7 Å².